The molecule has 224 valence electrons. The first-order valence-corrected chi connectivity index (χ1v) is 14.9. The minimum atomic E-state index is -0.747. The Morgan fingerprint density at radius 2 is 2.05 bits per heavy atom. The van der Waals surface area contributed by atoms with Gasteiger partial charge in [-0.2, -0.15) is 4.98 Å². The van der Waals surface area contributed by atoms with Gasteiger partial charge in [0.2, 0.25) is 5.95 Å². The van der Waals surface area contributed by atoms with Gasteiger partial charge in [0.25, 0.3) is 5.91 Å². The van der Waals surface area contributed by atoms with Crippen molar-refractivity contribution in [2.75, 3.05) is 56.2 Å². The van der Waals surface area contributed by atoms with Crippen LogP contribution < -0.4 is 20.3 Å². The number of rotatable bonds is 11. The Balaban J connectivity index is 1.03. The molecule has 13 heteroatoms. The summed E-state index contributed by atoms with van der Waals surface area (Å²) in [5.74, 6) is 2.07. The highest BCUT2D eigenvalue weighted by Gasteiger charge is 2.25. The number of nitrogens with zero attached hydrogens (tertiary/aromatic N) is 5. The van der Waals surface area contributed by atoms with Crippen LogP contribution in [-0.4, -0.2) is 88.9 Å². The van der Waals surface area contributed by atoms with E-state index in [4.69, 9.17) is 25.5 Å². The van der Waals surface area contributed by atoms with Gasteiger partial charge in [0.1, 0.15) is 23.9 Å². The molecule has 5 heterocycles. The average molecular weight is 598 g/mol. The van der Waals surface area contributed by atoms with Gasteiger partial charge in [-0.3, -0.25) is 9.69 Å². The van der Waals surface area contributed by atoms with Crippen molar-refractivity contribution in [1.82, 2.24) is 25.2 Å². The number of benzene rings is 1. The van der Waals surface area contributed by atoms with E-state index in [0.29, 0.717) is 54.6 Å². The number of carbonyl (C=O) groups excluding carboxylic acids is 1. The van der Waals surface area contributed by atoms with E-state index in [-0.39, 0.29) is 30.8 Å². The Morgan fingerprint density at radius 3 is 2.81 bits per heavy atom. The number of anilines is 2. The summed E-state index contributed by atoms with van der Waals surface area (Å²) < 4.78 is 16.3. The molecular formula is C29H36ClN7O5. The third kappa shape index (κ3) is 6.95. The maximum absolute atomic E-state index is 13.1. The number of aliphatic hydroxyl groups is 1. The Kier molecular flexibility index (Phi) is 9.04. The maximum atomic E-state index is 13.1. The number of β-amino-alcohol motifs (C(OH)–C–C–N with tert-alkyl or cyclic N) is 1. The SMILES string of the molecule is O=C(NC[C@H](O)CN1CCc2c(ccc(OCc3cnco3)c2Cl)C1)c1cc(NC2COC2)nc(N2CCCCC2)n1. The van der Waals surface area contributed by atoms with Crippen molar-refractivity contribution in [3.63, 3.8) is 0 Å². The van der Waals surface area contributed by atoms with E-state index in [1.807, 2.05) is 12.1 Å². The standard InChI is InChI=1S/C29H36ClN7O5/c30-27-23-6-9-36(13-19(23)4-5-25(27)41-17-22-12-31-18-42-22)14-21(38)11-32-28(39)24-10-26(33-20-15-40-16-20)35-29(34-24)37-7-2-1-3-8-37/h4-5,10,12,18,20-21,38H,1-3,6-9,11,13-17H2,(H,32,39)(H,33,34,35)/t21-/m0/s1. The molecule has 1 atom stereocenters. The van der Waals surface area contributed by atoms with Crippen LogP contribution in [0.4, 0.5) is 11.8 Å². The summed E-state index contributed by atoms with van der Waals surface area (Å²) >= 11 is 6.66. The molecule has 0 saturated carbocycles. The van der Waals surface area contributed by atoms with Gasteiger partial charge in [-0.15, -0.1) is 0 Å². The number of fused-ring (bicyclic) bond motifs is 1. The van der Waals surface area contributed by atoms with E-state index < -0.39 is 6.10 Å². The van der Waals surface area contributed by atoms with E-state index in [1.165, 1.54) is 12.8 Å². The van der Waals surface area contributed by atoms with Gasteiger partial charge in [0.05, 0.1) is 36.6 Å². The lowest BCUT2D eigenvalue weighted by atomic mass is 9.99. The molecule has 3 N–H and O–H groups in total. The number of hydrogen-bond donors (Lipinski definition) is 3. The molecule has 6 rings (SSSR count). The first-order chi connectivity index (χ1) is 20.5. The summed E-state index contributed by atoms with van der Waals surface area (Å²) in [6.45, 7) is 5.13. The second kappa shape index (κ2) is 13.2. The molecular weight excluding hydrogens is 562 g/mol. The van der Waals surface area contributed by atoms with Gasteiger partial charge >= 0.3 is 0 Å². The minimum absolute atomic E-state index is 0.111. The highest BCUT2D eigenvalue weighted by atomic mass is 35.5. The fraction of sp³-hybridized carbons (Fsp3) is 0.517. The number of amides is 1. The molecule has 2 aromatic heterocycles. The molecule has 0 unspecified atom stereocenters. The highest BCUT2D eigenvalue weighted by Crippen LogP contribution is 2.34. The highest BCUT2D eigenvalue weighted by molar-refractivity contribution is 6.33. The zero-order valence-electron chi connectivity index (χ0n) is 23.4. The van der Waals surface area contributed by atoms with E-state index in [2.05, 4.69) is 35.4 Å². The van der Waals surface area contributed by atoms with Crippen LogP contribution in [0.3, 0.4) is 0 Å². The topological polar surface area (TPSA) is 138 Å². The summed E-state index contributed by atoms with van der Waals surface area (Å²) in [5, 5.41) is 17.6. The fourth-order valence-corrected chi connectivity index (χ4v) is 5.76. The predicted molar refractivity (Wildman–Crippen MR) is 156 cm³/mol. The Bertz CT molecular complexity index is 1360. The number of ether oxygens (including phenoxy) is 2. The molecule has 3 aromatic rings. The molecule has 42 heavy (non-hydrogen) atoms. The predicted octanol–water partition coefficient (Wildman–Crippen LogP) is 2.65. The van der Waals surface area contributed by atoms with Gasteiger partial charge < -0.3 is 34.5 Å². The number of piperidine rings is 1. The average Bonchev–Trinajstić information content (AvgIpc) is 3.51. The van der Waals surface area contributed by atoms with Crippen LogP contribution in [0.5, 0.6) is 5.75 Å². The number of carbonyl (C=O) groups is 1. The van der Waals surface area contributed by atoms with Gasteiger partial charge in [-0.25, -0.2) is 9.97 Å². The fourth-order valence-electron chi connectivity index (χ4n) is 5.43. The van der Waals surface area contributed by atoms with Crippen LogP contribution in [0.2, 0.25) is 5.02 Å². The maximum Gasteiger partial charge on any atom is 0.270 e. The monoisotopic (exact) mass is 597 g/mol. The summed E-state index contributed by atoms with van der Waals surface area (Å²) in [7, 11) is 0. The lowest BCUT2D eigenvalue weighted by Gasteiger charge is -2.31. The van der Waals surface area contributed by atoms with Crippen LogP contribution >= 0.6 is 11.6 Å². The van der Waals surface area contributed by atoms with E-state index in [1.54, 1.807) is 12.3 Å². The molecule has 0 radical (unpaired) electrons. The smallest absolute Gasteiger partial charge is 0.270 e. The Morgan fingerprint density at radius 1 is 1.19 bits per heavy atom. The van der Waals surface area contributed by atoms with Crippen LogP contribution in [-0.2, 0) is 24.3 Å². The van der Waals surface area contributed by atoms with Gasteiger partial charge in [0, 0.05) is 45.3 Å². The molecule has 12 nitrogen and oxygen atoms in total. The van der Waals surface area contributed by atoms with Crippen molar-refractivity contribution in [2.24, 2.45) is 0 Å². The van der Waals surface area contributed by atoms with E-state index in [0.717, 1.165) is 50.0 Å². The van der Waals surface area contributed by atoms with Gasteiger partial charge in [-0.05, 0) is 42.9 Å². The van der Waals surface area contributed by atoms with Crippen molar-refractivity contribution < 1.29 is 23.8 Å². The van der Waals surface area contributed by atoms with Crippen molar-refractivity contribution in [2.45, 2.75) is 51.0 Å². The molecule has 2 saturated heterocycles. The second-order valence-electron chi connectivity index (χ2n) is 11.0. The van der Waals surface area contributed by atoms with Crippen LogP contribution in [0.25, 0.3) is 0 Å². The number of aliphatic hydroxyl groups excluding tert-OH is 1. The van der Waals surface area contributed by atoms with E-state index >= 15 is 0 Å². The number of halogens is 1. The summed E-state index contributed by atoms with van der Waals surface area (Å²) in [6, 6.07) is 5.71. The van der Waals surface area contributed by atoms with Gasteiger partial charge in [0.15, 0.2) is 12.2 Å². The Hall–Kier alpha value is -3.45. The van der Waals surface area contributed by atoms with Crippen molar-refractivity contribution in [1.29, 1.82) is 0 Å². The molecule has 0 bridgehead atoms. The summed E-state index contributed by atoms with van der Waals surface area (Å²) in [4.78, 5) is 30.6. The number of hydrogen-bond acceptors (Lipinski definition) is 11. The molecule has 1 amide bonds. The van der Waals surface area contributed by atoms with E-state index in [9.17, 15) is 9.90 Å². The summed E-state index contributed by atoms with van der Waals surface area (Å²) in [6.07, 6.45) is 6.31. The Labute approximate surface area is 249 Å². The minimum Gasteiger partial charge on any atom is -0.484 e. The lowest BCUT2D eigenvalue weighted by molar-refractivity contribution is 0.0209. The van der Waals surface area contributed by atoms with Crippen LogP contribution in [0, 0.1) is 0 Å². The zero-order chi connectivity index (χ0) is 28.9. The quantitative estimate of drug-likeness (QED) is 0.301. The number of oxazole rings is 1. The lowest BCUT2D eigenvalue weighted by Crippen LogP contribution is -2.42. The number of aromatic nitrogens is 3. The van der Waals surface area contributed by atoms with Crippen molar-refractivity contribution in [3.05, 3.63) is 58.4 Å². The zero-order valence-corrected chi connectivity index (χ0v) is 24.2. The normalized spacial score (nSPS) is 18.2. The molecule has 3 aliphatic rings. The first-order valence-electron chi connectivity index (χ1n) is 14.5. The molecule has 0 spiro atoms. The van der Waals surface area contributed by atoms with Gasteiger partial charge in [-0.1, -0.05) is 17.7 Å². The second-order valence-corrected chi connectivity index (χ2v) is 11.4. The third-order valence-electron chi connectivity index (χ3n) is 7.77. The molecule has 1 aromatic carbocycles. The first kappa shape index (κ1) is 28.7. The van der Waals surface area contributed by atoms with Crippen LogP contribution in [0.1, 0.15) is 46.6 Å². The largest absolute Gasteiger partial charge is 0.484 e. The van der Waals surface area contributed by atoms with Crippen molar-refractivity contribution in [3.8, 4) is 5.75 Å². The molecule has 2 fully saturated rings. The number of nitrogens with one attached hydrogen (secondary N) is 2. The van der Waals surface area contributed by atoms with Crippen molar-refractivity contribution >= 4 is 29.3 Å². The third-order valence-corrected chi connectivity index (χ3v) is 8.19. The summed E-state index contributed by atoms with van der Waals surface area (Å²) in [5.41, 5.74) is 2.43. The van der Waals surface area contributed by atoms with Crippen LogP contribution in [0.15, 0.2) is 35.2 Å². The molecule has 3 aliphatic heterocycles. The molecule has 0 aliphatic carbocycles.